The molecule has 5 atom stereocenters. The van der Waals surface area contributed by atoms with E-state index in [0.717, 1.165) is 17.3 Å². The number of amides is 1. The quantitative estimate of drug-likeness (QED) is 0.328. The molecule has 0 aliphatic carbocycles. The summed E-state index contributed by atoms with van der Waals surface area (Å²) in [6.45, 7) is 6.73. The number of carbonyl (C=O) groups excluding carboxylic acids is 4. The van der Waals surface area contributed by atoms with E-state index < -0.39 is 53.6 Å². The van der Waals surface area contributed by atoms with Gasteiger partial charge in [-0.1, -0.05) is 29.5 Å². The number of thioether (sulfide) groups is 1. The van der Waals surface area contributed by atoms with Crippen LogP contribution in [0.25, 0.3) is 0 Å². The van der Waals surface area contributed by atoms with Gasteiger partial charge in [0, 0.05) is 34.7 Å². The minimum atomic E-state index is -1.17. The van der Waals surface area contributed by atoms with Gasteiger partial charge in [0.2, 0.25) is 5.91 Å². The summed E-state index contributed by atoms with van der Waals surface area (Å²) in [7, 11) is 1.74. The maximum Gasteiger partial charge on any atom is 0.303 e. The van der Waals surface area contributed by atoms with Crippen LogP contribution in [0.4, 0.5) is 0 Å². The molecule has 0 spiro atoms. The first-order valence-electron chi connectivity index (χ1n) is 12.1. The first kappa shape index (κ1) is 29.9. The summed E-state index contributed by atoms with van der Waals surface area (Å²) in [5.74, 6) is -1.16. The van der Waals surface area contributed by atoms with Crippen molar-refractivity contribution in [3.8, 4) is 5.75 Å². The van der Waals surface area contributed by atoms with Crippen LogP contribution in [0.3, 0.4) is 0 Å². The molecule has 1 aliphatic rings. The second-order valence-corrected chi connectivity index (χ2v) is 9.96. The molecule has 1 aliphatic heterocycles. The van der Waals surface area contributed by atoms with Crippen LogP contribution in [0.15, 0.2) is 29.4 Å². The molecule has 0 radical (unpaired) electrons. The number of esters is 3. The number of hydrogen-bond donors (Lipinski definition) is 1. The zero-order chi connectivity index (χ0) is 28.7. The molecule has 1 saturated heterocycles. The van der Waals surface area contributed by atoms with Crippen LogP contribution in [0, 0.1) is 6.92 Å². The second kappa shape index (κ2) is 13.4. The number of hydrogen-bond acceptors (Lipinski definition) is 12. The molecular formula is C25H32N4O9S. The van der Waals surface area contributed by atoms with Crippen LogP contribution in [0.1, 0.15) is 39.1 Å². The standard InChI is InChI=1S/C25H32N4O9S/c1-13-7-9-18(10-8-13)35-12-20-27-28-25(29(20)6)39-24-21(26-14(2)30)23(37-17(5)33)22(36-16(4)32)19(38-24)11-34-15(3)31/h7-10,19,21-24H,11-12H2,1-6H3,(H,26,30)/t19-,21+,22+,23-,24-/m0/s1. The molecule has 2 aromatic rings. The fourth-order valence-corrected chi connectivity index (χ4v) is 4.98. The van der Waals surface area contributed by atoms with E-state index in [1.54, 1.807) is 11.6 Å². The molecule has 39 heavy (non-hydrogen) atoms. The van der Waals surface area contributed by atoms with Crippen molar-refractivity contribution in [1.82, 2.24) is 20.1 Å². The summed E-state index contributed by atoms with van der Waals surface area (Å²) in [6, 6.07) is 6.62. The highest BCUT2D eigenvalue weighted by atomic mass is 32.2. The van der Waals surface area contributed by atoms with Crippen LogP contribution in [-0.4, -0.2) is 75.0 Å². The van der Waals surface area contributed by atoms with Crippen molar-refractivity contribution in [1.29, 1.82) is 0 Å². The molecule has 212 valence electrons. The number of rotatable bonds is 10. The Kier molecular flexibility index (Phi) is 10.3. The lowest BCUT2D eigenvalue weighted by atomic mass is 9.97. The van der Waals surface area contributed by atoms with E-state index in [0.29, 0.717) is 16.7 Å². The van der Waals surface area contributed by atoms with Crippen LogP contribution >= 0.6 is 11.8 Å². The lowest BCUT2D eigenvalue weighted by molar-refractivity contribution is -0.211. The Morgan fingerprint density at radius 1 is 0.974 bits per heavy atom. The summed E-state index contributed by atoms with van der Waals surface area (Å²) in [5.41, 5.74) is 0.204. The molecule has 0 bridgehead atoms. The Morgan fingerprint density at radius 2 is 1.62 bits per heavy atom. The topological polar surface area (TPSA) is 157 Å². The molecule has 2 heterocycles. The minimum Gasteiger partial charge on any atom is -0.486 e. The smallest absolute Gasteiger partial charge is 0.303 e. The van der Waals surface area contributed by atoms with Crippen LogP contribution in [-0.2, 0) is 51.8 Å². The average Bonchev–Trinajstić information content (AvgIpc) is 3.19. The third kappa shape index (κ3) is 8.42. The molecule has 1 aromatic heterocycles. The number of benzene rings is 1. The largest absolute Gasteiger partial charge is 0.486 e. The maximum absolute atomic E-state index is 12.1. The van der Waals surface area contributed by atoms with Gasteiger partial charge in [0.25, 0.3) is 0 Å². The molecule has 1 aromatic carbocycles. The van der Waals surface area contributed by atoms with Crippen molar-refractivity contribution in [3.63, 3.8) is 0 Å². The van der Waals surface area contributed by atoms with Crippen molar-refractivity contribution in [2.45, 2.75) is 76.2 Å². The Balaban J connectivity index is 1.88. The zero-order valence-electron chi connectivity index (χ0n) is 22.5. The molecule has 0 saturated carbocycles. The van der Waals surface area contributed by atoms with E-state index >= 15 is 0 Å². The van der Waals surface area contributed by atoms with E-state index in [1.165, 1.54) is 27.7 Å². The van der Waals surface area contributed by atoms with Crippen molar-refractivity contribution in [2.75, 3.05) is 6.61 Å². The molecule has 14 heteroatoms. The van der Waals surface area contributed by atoms with E-state index in [4.69, 9.17) is 23.7 Å². The molecule has 0 unspecified atom stereocenters. The van der Waals surface area contributed by atoms with Crippen LogP contribution in [0.2, 0.25) is 0 Å². The number of aryl methyl sites for hydroxylation is 1. The van der Waals surface area contributed by atoms with Crippen molar-refractivity contribution < 1.29 is 42.9 Å². The highest BCUT2D eigenvalue weighted by Crippen LogP contribution is 2.35. The third-order valence-electron chi connectivity index (χ3n) is 5.61. The van der Waals surface area contributed by atoms with E-state index in [1.807, 2.05) is 31.2 Å². The summed E-state index contributed by atoms with van der Waals surface area (Å²) in [5, 5.41) is 11.6. The number of aromatic nitrogens is 3. The van der Waals surface area contributed by atoms with Crippen molar-refractivity contribution >= 4 is 35.6 Å². The zero-order valence-corrected chi connectivity index (χ0v) is 23.4. The average molecular weight is 565 g/mol. The normalized spacial score (nSPS) is 22.5. The van der Waals surface area contributed by atoms with Crippen molar-refractivity contribution in [3.05, 3.63) is 35.7 Å². The first-order valence-corrected chi connectivity index (χ1v) is 13.0. The van der Waals surface area contributed by atoms with Gasteiger partial charge < -0.3 is 33.6 Å². The predicted molar refractivity (Wildman–Crippen MR) is 136 cm³/mol. The molecule has 1 amide bonds. The van der Waals surface area contributed by atoms with Gasteiger partial charge >= 0.3 is 17.9 Å². The summed E-state index contributed by atoms with van der Waals surface area (Å²) in [4.78, 5) is 47.6. The number of carbonyl (C=O) groups is 4. The third-order valence-corrected chi connectivity index (χ3v) is 6.81. The van der Waals surface area contributed by atoms with Gasteiger partial charge in [-0.2, -0.15) is 0 Å². The molecular weight excluding hydrogens is 532 g/mol. The summed E-state index contributed by atoms with van der Waals surface area (Å²) in [6.07, 6.45) is -3.33. The van der Waals surface area contributed by atoms with Gasteiger partial charge in [0.15, 0.2) is 23.2 Å². The summed E-state index contributed by atoms with van der Waals surface area (Å²) < 4.78 is 29.8. The minimum absolute atomic E-state index is 0.146. The van der Waals surface area contributed by atoms with Gasteiger partial charge in [-0.15, -0.1) is 10.2 Å². The lowest BCUT2D eigenvalue weighted by Gasteiger charge is -2.44. The van der Waals surface area contributed by atoms with Crippen LogP contribution in [0.5, 0.6) is 5.75 Å². The Labute approximate surface area is 229 Å². The van der Waals surface area contributed by atoms with Gasteiger partial charge in [0.1, 0.15) is 36.5 Å². The Morgan fingerprint density at radius 3 is 2.21 bits per heavy atom. The summed E-state index contributed by atoms with van der Waals surface area (Å²) >= 11 is 1.10. The second-order valence-electron chi connectivity index (χ2n) is 8.90. The maximum atomic E-state index is 12.1. The van der Waals surface area contributed by atoms with E-state index in [2.05, 4.69) is 15.5 Å². The molecule has 1 N–H and O–H groups in total. The molecule has 1 fully saturated rings. The number of nitrogens with zero attached hydrogens (tertiary/aromatic N) is 3. The first-order chi connectivity index (χ1) is 18.4. The highest BCUT2D eigenvalue weighted by Gasteiger charge is 2.51. The lowest BCUT2D eigenvalue weighted by Crippen LogP contribution is -2.65. The van der Waals surface area contributed by atoms with Gasteiger partial charge in [-0.05, 0) is 19.1 Å². The van der Waals surface area contributed by atoms with Gasteiger partial charge in [-0.3, -0.25) is 19.2 Å². The van der Waals surface area contributed by atoms with E-state index in [9.17, 15) is 19.2 Å². The predicted octanol–water partition coefficient (Wildman–Crippen LogP) is 1.45. The fourth-order valence-electron chi connectivity index (χ4n) is 3.85. The van der Waals surface area contributed by atoms with Crippen molar-refractivity contribution in [2.24, 2.45) is 7.05 Å². The van der Waals surface area contributed by atoms with E-state index in [-0.39, 0.29) is 13.2 Å². The van der Waals surface area contributed by atoms with Gasteiger partial charge in [-0.25, -0.2) is 0 Å². The fraction of sp³-hybridized carbons (Fsp3) is 0.520. The number of nitrogens with one attached hydrogen (secondary N) is 1. The van der Waals surface area contributed by atoms with Gasteiger partial charge in [0.05, 0.1) is 0 Å². The SMILES string of the molecule is CC(=O)N[C@@H]1[C@H](OC(C)=O)[C@H](OC(C)=O)[C@H](COC(C)=O)O[C@H]1Sc1nnc(COc2ccc(C)cc2)n1C. The highest BCUT2D eigenvalue weighted by molar-refractivity contribution is 7.99. The Hall–Kier alpha value is -3.65. The molecule has 3 rings (SSSR count). The van der Waals surface area contributed by atoms with Crippen LogP contribution < -0.4 is 10.1 Å². The monoisotopic (exact) mass is 564 g/mol. The number of ether oxygens (including phenoxy) is 5. The molecule has 13 nitrogen and oxygen atoms in total. The Bertz CT molecular complexity index is 1190.